The highest BCUT2D eigenvalue weighted by Gasteiger charge is 2.21. The van der Waals surface area contributed by atoms with Gasteiger partial charge < -0.3 is 25.6 Å². The van der Waals surface area contributed by atoms with Crippen LogP contribution in [-0.2, 0) is 9.53 Å². The molecular formula is C26H26N8O3. The van der Waals surface area contributed by atoms with E-state index < -0.39 is 0 Å². The lowest BCUT2D eigenvalue weighted by atomic mass is 10.2. The topological polar surface area (TPSA) is 126 Å². The third kappa shape index (κ3) is 5.17. The smallest absolute Gasteiger partial charge is 0.275 e. The second-order valence-corrected chi connectivity index (χ2v) is 8.34. The summed E-state index contributed by atoms with van der Waals surface area (Å²) in [6.07, 6.45) is 3.93. The van der Waals surface area contributed by atoms with Crippen LogP contribution in [0.3, 0.4) is 0 Å². The van der Waals surface area contributed by atoms with Gasteiger partial charge in [0.05, 0.1) is 18.1 Å². The molecule has 11 heteroatoms. The maximum absolute atomic E-state index is 12.8. The molecule has 1 unspecified atom stereocenters. The molecule has 11 nitrogen and oxygen atoms in total. The van der Waals surface area contributed by atoms with Gasteiger partial charge in [0.15, 0.2) is 5.65 Å². The molecule has 2 aromatic heterocycles. The summed E-state index contributed by atoms with van der Waals surface area (Å²) in [5.41, 5.74) is 3.31. The van der Waals surface area contributed by atoms with E-state index in [9.17, 15) is 9.59 Å². The Morgan fingerprint density at radius 3 is 2.76 bits per heavy atom. The van der Waals surface area contributed by atoms with Gasteiger partial charge in [0.1, 0.15) is 11.7 Å². The average Bonchev–Trinajstić information content (AvgIpc) is 2.93. The van der Waals surface area contributed by atoms with Crippen molar-refractivity contribution in [1.82, 2.24) is 24.8 Å². The Labute approximate surface area is 212 Å². The number of nitrogens with one attached hydrogen (secondary N) is 3. The third-order valence-electron chi connectivity index (χ3n) is 5.98. The maximum Gasteiger partial charge on any atom is 0.275 e. The maximum atomic E-state index is 12.8. The molecule has 188 valence electrons. The average molecular weight is 499 g/mol. The van der Waals surface area contributed by atoms with Gasteiger partial charge in [-0.25, -0.2) is 9.97 Å². The number of hydrogen-bond acceptors (Lipinski definition) is 9. The first-order valence-corrected chi connectivity index (χ1v) is 11.7. The molecule has 3 heterocycles. The standard InChI is InChI=1S/C26H26N8O3/c1-3-22(35)30-18-5-4-6-20(13-18)34-23(36)15-28-21-14-29-26(32-25(21)34)31-17-7-9-19(10-8-17)33-12-11-27-16-24(33)37-2/h3-10,13-15,24,27H,1,11-12,16H2,2H3,(H,30,35)(H,29,31,32). The van der Waals surface area contributed by atoms with E-state index in [4.69, 9.17) is 4.74 Å². The normalized spacial score (nSPS) is 15.4. The minimum Gasteiger partial charge on any atom is -0.360 e. The van der Waals surface area contributed by atoms with Crippen molar-refractivity contribution in [3.63, 3.8) is 0 Å². The number of nitrogens with zero attached hydrogens (tertiary/aromatic N) is 5. The highest BCUT2D eigenvalue weighted by atomic mass is 16.5. The van der Waals surface area contributed by atoms with Crippen LogP contribution >= 0.6 is 0 Å². The molecule has 1 saturated heterocycles. The first-order chi connectivity index (χ1) is 18.1. The number of ether oxygens (including phenoxy) is 1. The van der Waals surface area contributed by atoms with Crippen molar-refractivity contribution in [2.24, 2.45) is 0 Å². The number of anilines is 4. The molecule has 37 heavy (non-hydrogen) atoms. The molecule has 0 saturated carbocycles. The summed E-state index contributed by atoms with van der Waals surface area (Å²) in [6.45, 7) is 5.97. The third-order valence-corrected chi connectivity index (χ3v) is 5.98. The minimum atomic E-state index is -0.364. The first-order valence-electron chi connectivity index (χ1n) is 11.7. The number of piperazine rings is 1. The van der Waals surface area contributed by atoms with Gasteiger partial charge in [0.2, 0.25) is 11.9 Å². The molecule has 5 rings (SSSR count). The summed E-state index contributed by atoms with van der Waals surface area (Å²) in [5.74, 6) is -0.0342. The molecule has 1 amide bonds. The number of rotatable bonds is 7. The largest absolute Gasteiger partial charge is 0.360 e. The van der Waals surface area contributed by atoms with Gasteiger partial charge in [-0.1, -0.05) is 12.6 Å². The van der Waals surface area contributed by atoms with Crippen LogP contribution in [-0.4, -0.2) is 58.4 Å². The number of hydrogen-bond donors (Lipinski definition) is 3. The molecule has 0 spiro atoms. The van der Waals surface area contributed by atoms with Crippen LogP contribution in [0.1, 0.15) is 0 Å². The van der Waals surface area contributed by atoms with Crippen LogP contribution in [0.25, 0.3) is 16.9 Å². The summed E-state index contributed by atoms with van der Waals surface area (Å²) >= 11 is 0. The van der Waals surface area contributed by atoms with Crippen molar-refractivity contribution < 1.29 is 9.53 Å². The molecule has 1 atom stereocenters. The van der Waals surface area contributed by atoms with Crippen molar-refractivity contribution in [1.29, 1.82) is 0 Å². The monoisotopic (exact) mass is 498 g/mol. The van der Waals surface area contributed by atoms with Crippen LogP contribution in [0.4, 0.5) is 23.0 Å². The Hall–Kier alpha value is -4.61. The lowest BCUT2D eigenvalue weighted by Gasteiger charge is -2.36. The summed E-state index contributed by atoms with van der Waals surface area (Å²) in [7, 11) is 1.71. The van der Waals surface area contributed by atoms with Gasteiger partial charge >= 0.3 is 0 Å². The quantitative estimate of drug-likeness (QED) is 0.329. The second kappa shape index (κ2) is 10.6. The number of carbonyl (C=O) groups is 1. The van der Waals surface area contributed by atoms with E-state index in [1.807, 2.05) is 24.3 Å². The van der Waals surface area contributed by atoms with Crippen molar-refractivity contribution in [2.75, 3.05) is 42.3 Å². The Kier molecular flexibility index (Phi) is 6.88. The highest BCUT2D eigenvalue weighted by molar-refractivity contribution is 5.99. The molecule has 1 fully saturated rings. The molecule has 0 bridgehead atoms. The lowest BCUT2D eigenvalue weighted by Crippen LogP contribution is -2.52. The number of fused-ring (bicyclic) bond motifs is 1. The number of methoxy groups -OCH3 is 1. The molecule has 0 aliphatic carbocycles. The van der Waals surface area contributed by atoms with Crippen LogP contribution in [0.15, 0.2) is 78.4 Å². The van der Waals surface area contributed by atoms with Gasteiger partial charge in [0.25, 0.3) is 5.56 Å². The Balaban J connectivity index is 1.44. The SMILES string of the molecule is C=CC(=O)Nc1cccc(-n2c(=O)cnc3cnc(Nc4ccc(N5CCNCC5OC)cc4)nc32)c1. The fourth-order valence-electron chi connectivity index (χ4n) is 4.19. The van der Waals surface area contributed by atoms with E-state index in [1.165, 1.54) is 16.8 Å². The van der Waals surface area contributed by atoms with Gasteiger partial charge in [-0.3, -0.25) is 14.2 Å². The van der Waals surface area contributed by atoms with Crippen LogP contribution in [0, 0.1) is 0 Å². The van der Waals surface area contributed by atoms with Crippen molar-refractivity contribution >= 4 is 40.1 Å². The first kappa shape index (κ1) is 24.1. The second-order valence-electron chi connectivity index (χ2n) is 8.34. The number of aromatic nitrogens is 4. The van der Waals surface area contributed by atoms with E-state index in [0.717, 1.165) is 31.0 Å². The van der Waals surface area contributed by atoms with Crippen LogP contribution < -0.4 is 26.4 Å². The summed E-state index contributed by atoms with van der Waals surface area (Å²) in [4.78, 5) is 39.9. The van der Waals surface area contributed by atoms with Crippen LogP contribution in [0.5, 0.6) is 0 Å². The number of carbonyl (C=O) groups excluding carboxylic acids is 1. The summed E-state index contributed by atoms with van der Waals surface area (Å²) in [5, 5.41) is 9.23. The van der Waals surface area contributed by atoms with E-state index in [-0.39, 0.29) is 17.7 Å². The zero-order valence-electron chi connectivity index (χ0n) is 20.2. The van der Waals surface area contributed by atoms with Crippen LogP contribution in [0.2, 0.25) is 0 Å². The molecule has 3 N–H and O–H groups in total. The molecular weight excluding hydrogens is 472 g/mol. The Morgan fingerprint density at radius 1 is 1.14 bits per heavy atom. The van der Waals surface area contributed by atoms with Crippen molar-refractivity contribution in [3.05, 3.63) is 83.9 Å². The van der Waals surface area contributed by atoms with Crippen molar-refractivity contribution in [3.8, 4) is 5.69 Å². The zero-order chi connectivity index (χ0) is 25.8. The fourth-order valence-corrected chi connectivity index (χ4v) is 4.19. The van der Waals surface area contributed by atoms with Gasteiger partial charge in [0, 0.05) is 43.8 Å². The predicted octanol–water partition coefficient (Wildman–Crippen LogP) is 2.43. The van der Waals surface area contributed by atoms with E-state index >= 15 is 0 Å². The lowest BCUT2D eigenvalue weighted by molar-refractivity contribution is -0.111. The molecule has 2 aromatic carbocycles. The number of amides is 1. The molecule has 0 radical (unpaired) electrons. The zero-order valence-corrected chi connectivity index (χ0v) is 20.2. The van der Waals surface area contributed by atoms with Gasteiger partial charge in [-0.2, -0.15) is 4.98 Å². The number of benzene rings is 2. The molecule has 1 aliphatic rings. The van der Waals surface area contributed by atoms with Crippen molar-refractivity contribution in [2.45, 2.75) is 6.23 Å². The van der Waals surface area contributed by atoms with Gasteiger partial charge in [-0.05, 0) is 48.5 Å². The predicted molar refractivity (Wildman–Crippen MR) is 142 cm³/mol. The Bertz CT molecular complexity index is 1500. The fraction of sp³-hybridized carbons (Fsp3) is 0.192. The van der Waals surface area contributed by atoms with E-state index in [0.29, 0.717) is 28.5 Å². The molecule has 4 aromatic rings. The summed E-state index contributed by atoms with van der Waals surface area (Å²) < 4.78 is 7.01. The highest BCUT2D eigenvalue weighted by Crippen LogP contribution is 2.23. The van der Waals surface area contributed by atoms with E-state index in [2.05, 4.69) is 42.4 Å². The summed E-state index contributed by atoms with van der Waals surface area (Å²) in [6, 6.07) is 14.8. The van der Waals surface area contributed by atoms with Gasteiger partial charge in [-0.15, -0.1) is 0 Å². The van der Waals surface area contributed by atoms with E-state index in [1.54, 1.807) is 37.6 Å². The Morgan fingerprint density at radius 2 is 1.97 bits per heavy atom. The minimum absolute atomic E-state index is 0.0239. The molecule has 1 aliphatic heterocycles.